The number of carbonyl (C=O) groups is 1. The highest BCUT2D eigenvalue weighted by atomic mass is 16.5. The van der Waals surface area contributed by atoms with Gasteiger partial charge in [0.2, 0.25) is 0 Å². The third kappa shape index (κ3) is 4.65. The summed E-state index contributed by atoms with van der Waals surface area (Å²) in [6, 6.07) is 9.98. The van der Waals surface area contributed by atoms with Crippen LogP contribution < -0.4 is 0 Å². The van der Waals surface area contributed by atoms with E-state index in [0.717, 1.165) is 28.6 Å². The zero-order valence-corrected chi connectivity index (χ0v) is 15.0. The number of carboxylic acids is 1. The number of aromatic nitrogens is 1. The van der Waals surface area contributed by atoms with E-state index in [4.69, 9.17) is 9.47 Å². The number of methoxy groups -OCH3 is 1. The van der Waals surface area contributed by atoms with Gasteiger partial charge in [-0.3, -0.25) is 9.78 Å². The van der Waals surface area contributed by atoms with E-state index in [-0.39, 0.29) is 13.2 Å². The summed E-state index contributed by atoms with van der Waals surface area (Å²) < 4.78 is 10.5. The van der Waals surface area contributed by atoms with Crippen LogP contribution in [0.15, 0.2) is 36.4 Å². The predicted molar refractivity (Wildman–Crippen MR) is 98.6 cm³/mol. The van der Waals surface area contributed by atoms with E-state index >= 15 is 0 Å². The van der Waals surface area contributed by atoms with Crippen molar-refractivity contribution in [2.24, 2.45) is 5.41 Å². The molecule has 134 valence electrons. The molecule has 1 aromatic heterocycles. The number of hydrogen-bond donors (Lipinski definition) is 1. The van der Waals surface area contributed by atoms with Crippen LogP contribution in [-0.4, -0.2) is 43.0 Å². The highest BCUT2D eigenvalue weighted by Gasteiger charge is 2.36. The van der Waals surface area contributed by atoms with Gasteiger partial charge < -0.3 is 14.6 Å². The molecule has 1 N–H and O–H groups in total. The van der Waals surface area contributed by atoms with Gasteiger partial charge in [-0.1, -0.05) is 37.3 Å². The lowest BCUT2D eigenvalue weighted by molar-refractivity contribution is -0.152. The molecule has 0 radical (unpaired) electrons. The fourth-order valence-corrected chi connectivity index (χ4v) is 2.61. The first-order valence-corrected chi connectivity index (χ1v) is 8.43. The molecular formula is C20H25NO4. The molecule has 0 spiro atoms. The summed E-state index contributed by atoms with van der Waals surface area (Å²) in [5.41, 5.74) is 1.62. The van der Waals surface area contributed by atoms with Crippen LogP contribution in [0.4, 0.5) is 0 Å². The molecule has 1 heterocycles. The lowest BCUT2D eigenvalue weighted by atomic mass is 9.89. The Balaban J connectivity index is 2.35. The Hall–Kier alpha value is -2.24. The summed E-state index contributed by atoms with van der Waals surface area (Å²) in [4.78, 5) is 16.4. The van der Waals surface area contributed by atoms with Gasteiger partial charge in [0.15, 0.2) is 0 Å². The normalized spacial score (nSPS) is 14.0. The minimum Gasteiger partial charge on any atom is -0.480 e. The maximum absolute atomic E-state index is 11.8. The molecule has 25 heavy (non-hydrogen) atoms. The van der Waals surface area contributed by atoms with Crippen molar-refractivity contribution in [3.8, 4) is 0 Å². The van der Waals surface area contributed by atoms with Crippen molar-refractivity contribution in [3.05, 3.63) is 47.7 Å². The zero-order chi connectivity index (χ0) is 18.3. The molecule has 5 heteroatoms. The van der Waals surface area contributed by atoms with Crippen molar-refractivity contribution < 1.29 is 19.4 Å². The second-order valence-electron chi connectivity index (χ2n) is 5.97. The van der Waals surface area contributed by atoms with Crippen LogP contribution in [0.2, 0.25) is 0 Å². The monoisotopic (exact) mass is 343 g/mol. The first kappa shape index (κ1) is 19.1. The largest absolute Gasteiger partial charge is 0.480 e. The van der Waals surface area contributed by atoms with E-state index in [1.807, 2.05) is 31.2 Å². The van der Waals surface area contributed by atoms with Crippen LogP contribution in [0.25, 0.3) is 17.0 Å². The molecule has 1 unspecified atom stereocenters. The summed E-state index contributed by atoms with van der Waals surface area (Å²) in [7, 11) is 1.49. The Morgan fingerprint density at radius 1 is 1.24 bits per heavy atom. The summed E-state index contributed by atoms with van der Waals surface area (Å²) in [6.45, 7) is 4.47. The number of rotatable bonds is 9. The van der Waals surface area contributed by atoms with Gasteiger partial charge in [0.05, 0.1) is 18.7 Å². The smallest absolute Gasteiger partial charge is 0.318 e. The minimum atomic E-state index is -1.21. The van der Waals surface area contributed by atoms with Crippen LogP contribution in [0.3, 0.4) is 0 Å². The molecule has 5 nitrogen and oxygen atoms in total. The lowest BCUT2D eigenvalue weighted by Crippen LogP contribution is -2.38. The minimum absolute atomic E-state index is 0.0463. The van der Waals surface area contributed by atoms with Crippen LogP contribution in [0, 0.1) is 5.41 Å². The molecule has 0 aliphatic rings. The fraction of sp³-hybridized carbons (Fsp3) is 0.400. The molecule has 0 aliphatic carbocycles. The average molecular weight is 343 g/mol. The number of hydrogen-bond acceptors (Lipinski definition) is 4. The number of nitrogens with zero attached hydrogens (tertiary/aromatic N) is 1. The lowest BCUT2D eigenvalue weighted by Gasteiger charge is -2.24. The molecule has 0 saturated heterocycles. The molecule has 2 aromatic rings. The molecule has 0 saturated carbocycles. The van der Waals surface area contributed by atoms with Crippen molar-refractivity contribution in [2.75, 3.05) is 26.9 Å². The Labute approximate surface area is 148 Å². The SMILES string of the molecule is CCOCC(/C=C/c1ccc2ccc(CC)nc2c1)(COC)C(=O)O. The quantitative estimate of drug-likeness (QED) is 0.754. The zero-order valence-electron chi connectivity index (χ0n) is 15.0. The molecule has 1 atom stereocenters. The van der Waals surface area contributed by atoms with E-state index in [9.17, 15) is 9.90 Å². The van der Waals surface area contributed by atoms with Crippen molar-refractivity contribution in [3.63, 3.8) is 0 Å². The van der Waals surface area contributed by atoms with Gasteiger partial charge in [-0.05, 0) is 31.0 Å². The Kier molecular flexibility index (Phi) is 6.67. The molecule has 0 fully saturated rings. The van der Waals surface area contributed by atoms with E-state index in [2.05, 4.69) is 18.0 Å². The molecule has 0 aliphatic heterocycles. The number of ether oxygens (including phenoxy) is 2. The maximum atomic E-state index is 11.8. The summed E-state index contributed by atoms with van der Waals surface area (Å²) in [5, 5.41) is 10.7. The third-order valence-corrected chi connectivity index (χ3v) is 4.12. The molecule has 0 amide bonds. The van der Waals surface area contributed by atoms with Crippen LogP contribution in [-0.2, 0) is 20.7 Å². The number of fused-ring (bicyclic) bond motifs is 1. The topological polar surface area (TPSA) is 68.7 Å². The van der Waals surface area contributed by atoms with Gasteiger partial charge in [-0.15, -0.1) is 0 Å². The van der Waals surface area contributed by atoms with E-state index in [1.165, 1.54) is 7.11 Å². The molecule has 0 bridgehead atoms. The molecular weight excluding hydrogens is 318 g/mol. The van der Waals surface area contributed by atoms with Crippen molar-refractivity contribution >= 4 is 22.9 Å². The summed E-state index contributed by atoms with van der Waals surface area (Å²) in [6.07, 6.45) is 4.32. The van der Waals surface area contributed by atoms with Crippen molar-refractivity contribution in [1.29, 1.82) is 0 Å². The predicted octanol–water partition coefficient (Wildman–Crippen LogP) is 3.56. The second kappa shape index (κ2) is 8.74. The van der Waals surface area contributed by atoms with Gasteiger partial charge >= 0.3 is 5.97 Å². The number of aryl methyl sites for hydroxylation is 1. The molecule has 2 rings (SSSR count). The third-order valence-electron chi connectivity index (χ3n) is 4.12. The van der Waals surface area contributed by atoms with Gasteiger partial charge in [0.25, 0.3) is 0 Å². The standard InChI is InChI=1S/C20H25NO4/c1-4-17-9-8-16-7-6-15(12-18(16)21-17)10-11-20(13-24-3,19(22)23)14-25-5-2/h6-12H,4-5,13-14H2,1-3H3,(H,22,23)/b11-10+. The van der Waals surface area contributed by atoms with Gasteiger partial charge in [0.1, 0.15) is 5.41 Å². The highest BCUT2D eigenvalue weighted by Crippen LogP contribution is 2.24. The Morgan fingerprint density at radius 2 is 2.00 bits per heavy atom. The van der Waals surface area contributed by atoms with Gasteiger partial charge in [-0.25, -0.2) is 0 Å². The number of benzene rings is 1. The van der Waals surface area contributed by atoms with Crippen LogP contribution in [0.1, 0.15) is 25.1 Å². The highest BCUT2D eigenvalue weighted by molar-refractivity contribution is 5.83. The van der Waals surface area contributed by atoms with Gasteiger partial charge in [-0.2, -0.15) is 0 Å². The van der Waals surface area contributed by atoms with E-state index in [0.29, 0.717) is 6.61 Å². The Bertz CT molecular complexity index is 756. The van der Waals surface area contributed by atoms with Crippen LogP contribution in [0.5, 0.6) is 0 Å². The summed E-state index contributed by atoms with van der Waals surface area (Å²) in [5.74, 6) is -0.966. The molecule has 1 aromatic carbocycles. The number of aliphatic carboxylic acids is 1. The average Bonchev–Trinajstić information content (AvgIpc) is 2.63. The number of carboxylic acid groups (broad SMARTS) is 1. The van der Waals surface area contributed by atoms with E-state index in [1.54, 1.807) is 12.2 Å². The van der Waals surface area contributed by atoms with Gasteiger partial charge in [0, 0.05) is 24.8 Å². The summed E-state index contributed by atoms with van der Waals surface area (Å²) >= 11 is 0. The van der Waals surface area contributed by atoms with Crippen molar-refractivity contribution in [1.82, 2.24) is 4.98 Å². The maximum Gasteiger partial charge on any atom is 0.318 e. The fourth-order valence-electron chi connectivity index (χ4n) is 2.61. The number of pyridine rings is 1. The van der Waals surface area contributed by atoms with Crippen LogP contribution >= 0.6 is 0 Å². The first-order valence-electron chi connectivity index (χ1n) is 8.43. The second-order valence-corrected chi connectivity index (χ2v) is 5.97. The van der Waals surface area contributed by atoms with E-state index < -0.39 is 11.4 Å². The Morgan fingerprint density at radius 3 is 2.64 bits per heavy atom. The van der Waals surface area contributed by atoms with Crippen molar-refractivity contribution in [2.45, 2.75) is 20.3 Å². The first-order chi connectivity index (χ1) is 12.0.